The molecule has 2 N–H and O–H groups in total. The molecule has 2 atom stereocenters. The molecule has 0 aliphatic heterocycles. The summed E-state index contributed by atoms with van der Waals surface area (Å²) in [6, 6.07) is 18.9. The fraction of sp³-hybridized carbons (Fsp3) is 0.214. The Morgan fingerprint density at radius 2 is 1.75 bits per heavy atom. The molecule has 0 radical (unpaired) electrons. The molecule has 0 saturated heterocycles. The number of hydrogen-bond donors (Lipinski definition) is 2. The highest BCUT2D eigenvalue weighted by Crippen LogP contribution is 2.39. The summed E-state index contributed by atoms with van der Waals surface area (Å²) < 4.78 is 34.4. The largest absolute Gasteiger partial charge is 0.481 e. The Hall–Kier alpha value is -4.51. The van der Waals surface area contributed by atoms with E-state index in [-0.39, 0.29) is 36.3 Å². The first-order valence-electron chi connectivity index (χ1n) is 12.3. The monoisotopic (exact) mass is 568 g/mol. The summed E-state index contributed by atoms with van der Waals surface area (Å²) in [6.07, 6.45) is -2.31. The number of halogens is 3. The molecule has 5 rings (SSSR count). The standard InChI is InChI=1S/C28H23ClF2N4O5/c29-18-7-5-16(6-8-18)14-34-26(33-27(38)35(28(34)39)15-17-13-22(17)25(36)37)32-19-9-11-20(12-10-19)40-23-4-2-1-3-21(23)24(30)31/h1-12,17,22,24H,13-15H2,(H,36,37)(H,32,33,38). The number of carbonyl (C=O) groups is 1. The van der Waals surface area contributed by atoms with Crippen LogP contribution in [0.1, 0.15) is 24.0 Å². The van der Waals surface area contributed by atoms with Crippen molar-refractivity contribution in [1.29, 1.82) is 0 Å². The first-order chi connectivity index (χ1) is 19.2. The average Bonchev–Trinajstić information content (AvgIpc) is 3.71. The second-order valence-corrected chi connectivity index (χ2v) is 9.79. The fourth-order valence-electron chi connectivity index (χ4n) is 4.30. The lowest BCUT2D eigenvalue weighted by Gasteiger charge is -2.16. The molecule has 1 aromatic heterocycles. The van der Waals surface area contributed by atoms with Gasteiger partial charge in [0.05, 0.1) is 18.0 Å². The molecule has 3 aromatic carbocycles. The predicted molar refractivity (Wildman–Crippen MR) is 144 cm³/mol. The van der Waals surface area contributed by atoms with Crippen molar-refractivity contribution in [1.82, 2.24) is 14.1 Å². The zero-order valence-electron chi connectivity index (χ0n) is 20.8. The van der Waals surface area contributed by atoms with Crippen LogP contribution in [0.3, 0.4) is 0 Å². The molecular formula is C28H23ClF2N4O5. The molecule has 206 valence electrons. The van der Waals surface area contributed by atoms with Crippen LogP contribution in [0.25, 0.3) is 0 Å². The normalized spacial score (nSPS) is 16.1. The number of carboxylic acids is 1. The lowest BCUT2D eigenvalue weighted by Crippen LogP contribution is -2.43. The Balaban J connectivity index is 1.43. The Labute approximate surface area is 231 Å². The lowest BCUT2D eigenvalue weighted by molar-refractivity contribution is -0.138. The van der Waals surface area contributed by atoms with Crippen LogP contribution in [-0.2, 0) is 17.9 Å². The first kappa shape index (κ1) is 27.1. The van der Waals surface area contributed by atoms with Crippen molar-refractivity contribution in [2.24, 2.45) is 11.8 Å². The van der Waals surface area contributed by atoms with E-state index in [9.17, 15) is 28.3 Å². The number of nitrogens with one attached hydrogen (secondary N) is 1. The van der Waals surface area contributed by atoms with Gasteiger partial charge < -0.3 is 15.2 Å². The maximum atomic E-state index is 13.4. The smallest absolute Gasteiger partial charge is 0.354 e. The molecule has 1 heterocycles. The van der Waals surface area contributed by atoms with Crippen molar-refractivity contribution in [2.45, 2.75) is 25.9 Å². The second-order valence-electron chi connectivity index (χ2n) is 9.35. The number of aliphatic carboxylic acids is 1. The van der Waals surface area contributed by atoms with Crippen LogP contribution < -0.4 is 21.4 Å². The van der Waals surface area contributed by atoms with Crippen LogP contribution in [0.4, 0.5) is 20.4 Å². The molecule has 4 aromatic rings. The van der Waals surface area contributed by atoms with E-state index in [2.05, 4.69) is 10.3 Å². The van der Waals surface area contributed by atoms with Gasteiger partial charge in [-0.25, -0.2) is 22.9 Å². The van der Waals surface area contributed by atoms with E-state index in [1.54, 1.807) is 54.6 Å². The number of para-hydroxylation sites is 1. The van der Waals surface area contributed by atoms with E-state index in [1.165, 1.54) is 22.8 Å². The van der Waals surface area contributed by atoms with Gasteiger partial charge in [-0.1, -0.05) is 35.9 Å². The summed E-state index contributed by atoms with van der Waals surface area (Å²) in [7, 11) is 0. The molecule has 1 fully saturated rings. The highest BCUT2D eigenvalue weighted by atomic mass is 35.5. The zero-order valence-corrected chi connectivity index (χ0v) is 21.6. The molecule has 1 aliphatic carbocycles. The molecule has 0 amide bonds. The third-order valence-electron chi connectivity index (χ3n) is 6.55. The van der Waals surface area contributed by atoms with Gasteiger partial charge in [-0.3, -0.25) is 9.36 Å². The van der Waals surface area contributed by atoms with Crippen LogP contribution in [0.2, 0.25) is 5.02 Å². The van der Waals surface area contributed by atoms with Crippen LogP contribution in [-0.4, -0.2) is 25.2 Å². The van der Waals surface area contributed by atoms with E-state index in [1.807, 2.05) is 0 Å². The highest BCUT2D eigenvalue weighted by molar-refractivity contribution is 6.30. The summed E-state index contributed by atoms with van der Waals surface area (Å²) >= 11 is 5.99. The SMILES string of the molecule is O=C(O)C1CC1Cn1c(=O)nc(Nc2ccc(Oc3ccccc3C(F)F)cc2)n(Cc2ccc(Cl)cc2)c1=O. The lowest BCUT2D eigenvalue weighted by atomic mass is 10.2. The number of rotatable bonds is 10. The number of benzene rings is 3. The molecule has 0 spiro atoms. The van der Waals surface area contributed by atoms with Crippen LogP contribution in [0, 0.1) is 11.8 Å². The van der Waals surface area contributed by atoms with Crippen LogP contribution in [0.15, 0.2) is 82.4 Å². The van der Waals surface area contributed by atoms with Gasteiger partial charge in [-0.05, 0) is 66.4 Å². The van der Waals surface area contributed by atoms with Gasteiger partial charge >= 0.3 is 17.3 Å². The topological polar surface area (TPSA) is 115 Å². The maximum Gasteiger partial charge on any atom is 0.354 e. The third kappa shape index (κ3) is 6.04. The van der Waals surface area contributed by atoms with E-state index in [0.717, 1.165) is 10.1 Å². The summed E-state index contributed by atoms with van der Waals surface area (Å²) in [5.41, 5.74) is -0.507. The number of hydrogen-bond acceptors (Lipinski definition) is 6. The van der Waals surface area contributed by atoms with Crippen molar-refractivity contribution in [2.75, 3.05) is 5.32 Å². The van der Waals surface area contributed by atoms with Gasteiger partial charge in [-0.2, -0.15) is 4.98 Å². The van der Waals surface area contributed by atoms with Crippen molar-refractivity contribution in [3.8, 4) is 11.5 Å². The van der Waals surface area contributed by atoms with E-state index < -0.39 is 29.7 Å². The minimum atomic E-state index is -2.70. The van der Waals surface area contributed by atoms with E-state index in [0.29, 0.717) is 22.9 Å². The van der Waals surface area contributed by atoms with Crippen molar-refractivity contribution < 1.29 is 23.4 Å². The Morgan fingerprint density at radius 1 is 1.05 bits per heavy atom. The quantitative estimate of drug-likeness (QED) is 0.267. The van der Waals surface area contributed by atoms with Crippen LogP contribution >= 0.6 is 11.6 Å². The fourth-order valence-corrected chi connectivity index (χ4v) is 4.42. The van der Waals surface area contributed by atoms with Crippen LogP contribution in [0.5, 0.6) is 11.5 Å². The Kier molecular flexibility index (Phi) is 7.65. The third-order valence-corrected chi connectivity index (χ3v) is 6.81. The van der Waals surface area contributed by atoms with Gasteiger partial charge in [0.1, 0.15) is 11.5 Å². The number of nitrogens with zero attached hydrogens (tertiary/aromatic N) is 3. The number of carboxylic acid groups (broad SMARTS) is 1. The van der Waals surface area contributed by atoms with Gasteiger partial charge in [-0.15, -0.1) is 0 Å². The molecule has 12 heteroatoms. The van der Waals surface area contributed by atoms with Gasteiger partial charge in [0, 0.05) is 17.3 Å². The first-order valence-corrected chi connectivity index (χ1v) is 12.7. The minimum absolute atomic E-state index is 0.0245. The van der Waals surface area contributed by atoms with Crippen molar-refractivity contribution in [3.63, 3.8) is 0 Å². The number of ether oxygens (including phenoxy) is 1. The number of anilines is 2. The summed E-state index contributed by atoms with van der Waals surface area (Å²) in [4.78, 5) is 41.6. The summed E-state index contributed by atoms with van der Waals surface area (Å²) in [5.74, 6) is -1.57. The number of aromatic nitrogens is 3. The van der Waals surface area contributed by atoms with Crippen molar-refractivity contribution in [3.05, 3.63) is 110 Å². The molecule has 2 unspecified atom stereocenters. The van der Waals surface area contributed by atoms with Gasteiger partial charge in [0.15, 0.2) is 0 Å². The number of alkyl halides is 2. The van der Waals surface area contributed by atoms with E-state index >= 15 is 0 Å². The summed E-state index contributed by atoms with van der Waals surface area (Å²) in [5, 5.41) is 12.7. The summed E-state index contributed by atoms with van der Waals surface area (Å²) in [6.45, 7) is 0.0128. The minimum Gasteiger partial charge on any atom is -0.481 e. The molecule has 0 bridgehead atoms. The molecule has 1 aliphatic rings. The second kappa shape index (κ2) is 11.3. The Morgan fingerprint density at radius 3 is 2.40 bits per heavy atom. The zero-order chi connectivity index (χ0) is 28.4. The van der Waals surface area contributed by atoms with Gasteiger partial charge in [0.2, 0.25) is 5.95 Å². The molecule has 40 heavy (non-hydrogen) atoms. The highest BCUT2D eigenvalue weighted by Gasteiger charge is 2.43. The maximum absolute atomic E-state index is 13.4. The molecular weight excluding hydrogens is 546 g/mol. The predicted octanol–water partition coefficient (Wildman–Crippen LogP) is 5.30. The van der Waals surface area contributed by atoms with Crippen molar-refractivity contribution >= 4 is 29.2 Å². The Bertz CT molecular complexity index is 1660. The molecule has 9 nitrogen and oxygen atoms in total. The molecule has 1 saturated carbocycles. The average molecular weight is 569 g/mol. The van der Waals surface area contributed by atoms with E-state index in [4.69, 9.17) is 16.3 Å². The van der Waals surface area contributed by atoms with Gasteiger partial charge in [0.25, 0.3) is 6.43 Å².